The predicted molar refractivity (Wildman–Crippen MR) is 54.9 cm³/mol. The summed E-state index contributed by atoms with van der Waals surface area (Å²) >= 11 is 0. The lowest BCUT2D eigenvalue weighted by Crippen LogP contribution is -2.21. The van der Waals surface area contributed by atoms with Gasteiger partial charge in [0, 0.05) is 6.20 Å². The van der Waals surface area contributed by atoms with Crippen molar-refractivity contribution in [2.75, 3.05) is 0 Å². The first-order valence-corrected chi connectivity index (χ1v) is 4.77. The van der Waals surface area contributed by atoms with Gasteiger partial charge in [0.05, 0.1) is 11.8 Å². The molecule has 2 aromatic rings. The minimum atomic E-state index is -4.75. The Morgan fingerprint density at radius 3 is 2.56 bits per heavy atom. The standard InChI is InChI=1S/C10H7F3N4O/c11-10(12,13)8-6(9(14)18)5-16-17(8)7-3-1-2-4-15-7/h1-5H,(H2,14,18). The van der Waals surface area contributed by atoms with Crippen LogP contribution in [-0.2, 0) is 6.18 Å². The van der Waals surface area contributed by atoms with Crippen LogP contribution in [0.15, 0.2) is 30.6 Å². The summed E-state index contributed by atoms with van der Waals surface area (Å²) in [6.45, 7) is 0. The summed E-state index contributed by atoms with van der Waals surface area (Å²) in [5.41, 5.74) is 2.98. The molecule has 0 fully saturated rings. The summed E-state index contributed by atoms with van der Waals surface area (Å²) in [6.07, 6.45) is -2.65. The summed E-state index contributed by atoms with van der Waals surface area (Å²) in [7, 11) is 0. The van der Waals surface area contributed by atoms with E-state index in [0.717, 1.165) is 6.20 Å². The molecule has 2 heterocycles. The van der Waals surface area contributed by atoms with Gasteiger partial charge in [-0.1, -0.05) is 6.07 Å². The number of rotatable bonds is 2. The van der Waals surface area contributed by atoms with Crippen LogP contribution in [0.4, 0.5) is 13.2 Å². The van der Waals surface area contributed by atoms with Crippen molar-refractivity contribution in [3.63, 3.8) is 0 Å². The molecule has 0 radical (unpaired) electrons. The lowest BCUT2D eigenvalue weighted by molar-refractivity contribution is -0.143. The fraction of sp³-hybridized carbons (Fsp3) is 0.100. The van der Waals surface area contributed by atoms with E-state index in [1.807, 2.05) is 0 Å². The highest BCUT2D eigenvalue weighted by atomic mass is 19.4. The van der Waals surface area contributed by atoms with Gasteiger partial charge in [-0.15, -0.1) is 0 Å². The zero-order chi connectivity index (χ0) is 13.3. The van der Waals surface area contributed by atoms with Gasteiger partial charge in [-0.3, -0.25) is 4.79 Å². The van der Waals surface area contributed by atoms with Crippen molar-refractivity contribution in [1.82, 2.24) is 14.8 Å². The Kier molecular flexibility index (Phi) is 2.77. The van der Waals surface area contributed by atoms with Crippen molar-refractivity contribution < 1.29 is 18.0 Å². The topological polar surface area (TPSA) is 73.8 Å². The van der Waals surface area contributed by atoms with Crippen LogP contribution in [0.3, 0.4) is 0 Å². The molecule has 2 aromatic heterocycles. The number of carbonyl (C=O) groups is 1. The Balaban J connectivity index is 2.67. The van der Waals surface area contributed by atoms with Crippen LogP contribution in [-0.4, -0.2) is 20.7 Å². The molecule has 0 saturated heterocycles. The van der Waals surface area contributed by atoms with Crippen LogP contribution in [0.1, 0.15) is 16.1 Å². The highest BCUT2D eigenvalue weighted by Crippen LogP contribution is 2.32. The molecule has 18 heavy (non-hydrogen) atoms. The number of alkyl halides is 3. The minimum Gasteiger partial charge on any atom is -0.365 e. The van der Waals surface area contributed by atoms with Gasteiger partial charge in [-0.25, -0.2) is 9.67 Å². The molecule has 0 aliphatic heterocycles. The zero-order valence-corrected chi connectivity index (χ0v) is 8.85. The second-order valence-corrected chi connectivity index (χ2v) is 3.37. The summed E-state index contributed by atoms with van der Waals surface area (Å²) in [4.78, 5) is 14.7. The maximum atomic E-state index is 12.9. The molecule has 8 heteroatoms. The van der Waals surface area contributed by atoms with Gasteiger partial charge in [0.2, 0.25) is 0 Å². The predicted octanol–water partition coefficient (Wildman–Crippen LogP) is 1.39. The smallest absolute Gasteiger partial charge is 0.365 e. The molecule has 5 nitrogen and oxygen atoms in total. The third kappa shape index (κ3) is 2.04. The molecular weight excluding hydrogens is 249 g/mol. The van der Waals surface area contributed by atoms with Crippen LogP contribution < -0.4 is 5.73 Å². The van der Waals surface area contributed by atoms with Gasteiger partial charge in [-0.2, -0.15) is 18.3 Å². The second-order valence-electron chi connectivity index (χ2n) is 3.37. The van der Waals surface area contributed by atoms with Crippen molar-refractivity contribution in [2.24, 2.45) is 5.73 Å². The molecule has 2 rings (SSSR count). The highest BCUT2D eigenvalue weighted by Gasteiger charge is 2.40. The van der Waals surface area contributed by atoms with Crippen LogP contribution in [0.5, 0.6) is 0 Å². The normalized spacial score (nSPS) is 11.5. The molecular formula is C10H7F3N4O. The van der Waals surface area contributed by atoms with E-state index in [2.05, 4.69) is 10.1 Å². The Labute approximate surface area is 99.0 Å². The van der Waals surface area contributed by atoms with Gasteiger partial charge < -0.3 is 5.73 Å². The number of amides is 1. The van der Waals surface area contributed by atoms with Gasteiger partial charge in [-0.05, 0) is 12.1 Å². The molecule has 1 amide bonds. The number of hydrogen-bond acceptors (Lipinski definition) is 3. The minimum absolute atomic E-state index is 0.0441. The number of nitrogens with two attached hydrogens (primary N) is 1. The van der Waals surface area contributed by atoms with Crippen LogP contribution in [0.25, 0.3) is 5.82 Å². The van der Waals surface area contributed by atoms with Crippen molar-refractivity contribution in [1.29, 1.82) is 0 Å². The first-order valence-electron chi connectivity index (χ1n) is 4.77. The number of pyridine rings is 1. The van der Waals surface area contributed by atoms with Crippen LogP contribution in [0.2, 0.25) is 0 Å². The summed E-state index contributed by atoms with van der Waals surface area (Å²) in [5.74, 6) is -1.23. The monoisotopic (exact) mass is 256 g/mol. The van der Waals surface area contributed by atoms with E-state index in [-0.39, 0.29) is 5.82 Å². The number of hydrogen-bond donors (Lipinski definition) is 1. The average Bonchev–Trinajstić information content (AvgIpc) is 2.74. The van der Waals surface area contributed by atoms with E-state index in [1.54, 1.807) is 6.07 Å². The summed E-state index contributed by atoms with van der Waals surface area (Å²) in [5, 5.41) is 3.51. The Morgan fingerprint density at radius 1 is 1.33 bits per heavy atom. The van der Waals surface area contributed by atoms with Crippen molar-refractivity contribution in [2.45, 2.75) is 6.18 Å². The van der Waals surface area contributed by atoms with Crippen molar-refractivity contribution in [3.05, 3.63) is 41.9 Å². The molecule has 2 N–H and O–H groups in total. The molecule has 0 spiro atoms. The van der Waals surface area contributed by atoms with E-state index < -0.39 is 23.3 Å². The first kappa shape index (κ1) is 12.1. The SMILES string of the molecule is NC(=O)c1cnn(-c2ccccn2)c1C(F)(F)F. The number of halogens is 3. The molecule has 0 bridgehead atoms. The van der Waals surface area contributed by atoms with Crippen LogP contribution >= 0.6 is 0 Å². The van der Waals surface area contributed by atoms with Gasteiger partial charge in [0.1, 0.15) is 0 Å². The van der Waals surface area contributed by atoms with Gasteiger partial charge in [0.15, 0.2) is 11.5 Å². The van der Waals surface area contributed by atoms with Crippen LogP contribution in [0, 0.1) is 0 Å². The van der Waals surface area contributed by atoms with Gasteiger partial charge >= 0.3 is 6.18 Å². The maximum absolute atomic E-state index is 12.9. The first-order chi connectivity index (χ1) is 8.41. The average molecular weight is 256 g/mol. The highest BCUT2D eigenvalue weighted by molar-refractivity contribution is 5.94. The molecule has 0 atom stereocenters. The maximum Gasteiger partial charge on any atom is 0.434 e. The third-order valence-corrected chi connectivity index (χ3v) is 2.17. The summed E-state index contributed by atoms with van der Waals surface area (Å²) in [6, 6.07) is 4.40. The van der Waals surface area contributed by atoms with E-state index in [0.29, 0.717) is 4.68 Å². The Morgan fingerprint density at radius 2 is 2.06 bits per heavy atom. The molecule has 0 unspecified atom stereocenters. The van der Waals surface area contributed by atoms with Crippen molar-refractivity contribution in [3.8, 4) is 5.82 Å². The second kappa shape index (κ2) is 4.13. The third-order valence-electron chi connectivity index (χ3n) is 2.17. The number of primary amides is 1. The largest absolute Gasteiger partial charge is 0.434 e. The number of aromatic nitrogens is 3. The van der Waals surface area contributed by atoms with Gasteiger partial charge in [0.25, 0.3) is 5.91 Å². The fourth-order valence-corrected chi connectivity index (χ4v) is 1.45. The van der Waals surface area contributed by atoms with E-state index >= 15 is 0 Å². The quantitative estimate of drug-likeness (QED) is 0.882. The molecule has 0 saturated carbocycles. The number of nitrogens with zero attached hydrogens (tertiary/aromatic N) is 3. The van der Waals surface area contributed by atoms with Crippen molar-refractivity contribution >= 4 is 5.91 Å². The van der Waals surface area contributed by atoms with E-state index in [9.17, 15) is 18.0 Å². The summed E-state index contributed by atoms with van der Waals surface area (Å²) < 4.78 is 39.2. The Bertz CT molecular complexity index is 577. The lowest BCUT2D eigenvalue weighted by Gasteiger charge is -2.10. The molecule has 0 aliphatic carbocycles. The van der Waals surface area contributed by atoms with E-state index in [4.69, 9.17) is 5.73 Å². The molecule has 0 aromatic carbocycles. The van der Waals surface area contributed by atoms with E-state index in [1.165, 1.54) is 18.3 Å². The number of carbonyl (C=O) groups excluding carboxylic acids is 1. The fourth-order valence-electron chi connectivity index (χ4n) is 1.45. The lowest BCUT2D eigenvalue weighted by atomic mass is 10.2. The molecule has 94 valence electrons. The zero-order valence-electron chi connectivity index (χ0n) is 8.85. The molecule has 0 aliphatic rings. The Hall–Kier alpha value is -2.38.